The Hall–Kier alpha value is -1.00. The van der Waals surface area contributed by atoms with Crippen molar-refractivity contribution < 1.29 is 4.74 Å². The molecule has 4 nitrogen and oxygen atoms in total. The second kappa shape index (κ2) is 4.24. The summed E-state index contributed by atoms with van der Waals surface area (Å²) in [6, 6.07) is 1.73. The first kappa shape index (κ1) is 10.5. The Labute approximate surface area is 94.0 Å². The number of hydrogen-bond donors (Lipinski definition) is 1. The predicted octanol–water partition coefficient (Wildman–Crippen LogP) is 1.54. The van der Waals surface area contributed by atoms with Gasteiger partial charge >= 0.3 is 0 Å². The highest BCUT2D eigenvalue weighted by Crippen LogP contribution is 2.26. The van der Waals surface area contributed by atoms with Crippen LogP contribution in [-0.4, -0.2) is 31.3 Å². The lowest BCUT2D eigenvalue weighted by Gasteiger charge is -2.18. The maximum atomic E-state index is 5.86. The first-order valence-electron chi connectivity index (χ1n) is 4.89. The number of anilines is 2. The highest BCUT2D eigenvalue weighted by atomic mass is 35.5. The van der Waals surface area contributed by atoms with Gasteiger partial charge in [0.1, 0.15) is 0 Å². The molecule has 2 N–H and O–H groups in total. The van der Waals surface area contributed by atoms with E-state index in [0.29, 0.717) is 10.7 Å². The largest absolute Gasteiger partial charge is 0.396 e. The van der Waals surface area contributed by atoms with Crippen LogP contribution in [0.3, 0.4) is 0 Å². The van der Waals surface area contributed by atoms with Gasteiger partial charge in [0.05, 0.1) is 16.8 Å². The van der Waals surface area contributed by atoms with Crippen molar-refractivity contribution >= 4 is 23.1 Å². The summed E-state index contributed by atoms with van der Waals surface area (Å²) in [5, 5.41) is 0.568. The third-order valence-corrected chi connectivity index (χ3v) is 2.85. The molecule has 1 aromatic heterocycles. The number of nitrogens with zero attached hydrogens (tertiary/aromatic N) is 2. The van der Waals surface area contributed by atoms with Gasteiger partial charge < -0.3 is 15.4 Å². The molecule has 0 bridgehead atoms. The Morgan fingerprint density at radius 2 is 2.47 bits per heavy atom. The van der Waals surface area contributed by atoms with Crippen LogP contribution >= 0.6 is 11.6 Å². The van der Waals surface area contributed by atoms with E-state index in [1.165, 1.54) is 0 Å². The zero-order chi connectivity index (χ0) is 10.8. The number of pyridine rings is 1. The van der Waals surface area contributed by atoms with Gasteiger partial charge in [-0.3, -0.25) is 0 Å². The quantitative estimate of drug-likeness (QED) is 0.833. The van der Waals surface area contributed by atoms with Crippen LogP contribution in [0.25, 0.3) is 0 Å². The maximum Gasteiger partial charge on any atom is 0.151 e. The molecular formula is C10H14ClN3O. The summed E-state index contributed by atoms with van der Waals surface area (Å²) in [5.41, 5.74) is 6.48. The molecule has 1 aliphatic heterocycles. The molecule has 1 aromatic rings. The van der Waals surface area contributed by atoms with E-state index in [1.54, 1.807) is 19.4 Å². The zero-order valence-electron chi connectivity index (χ0n) is 8.61. The van der Waals surface area contributed by atoms with Crippen molar-refractivity contribution in [1.29, 1.82) is 0 Å². The normalized spacial score (nSPS) is 20.9. The minimum atomic E-state index is 0.280. The van der Waals surface area contributed by atoms with Gasteiger partial charge in [0, 0.05) is 26.4 Å². The summed E-state index contributed by atoms with van der Waals surface area (Å²) in [4.78, 5) is 6.37. The molecule has 1 fully saturated rings. The molecule has 1 unspecified atom stereocenters. The summed E-state index contributed by atoms with van der Waals surface area (Å²) in [6.07, 6.45) is 2.91. The van der Waals surface area contributed by atoms with Crippen LogP contribution in [0.4, 0.5) is 11.5 Å². The number of hydrogen-bond acceptors (Lipinski definition) is 4. The number of methoxy groups -OCH3 is 1. The molecule has 2 heterocycles. The second-order valence-electron chi connectivity index (χ2n) is 3.66. The summed E-state index contributed by atoms with van der Waals surface area (Å²) in [5.74, 6) is 0.805. The molecule has 0 aromatic carbocycles. The van der Waals surface area contributed by atoms with E-state index in [9.17, 15) is 0 Å². The van der Waals surface area contributed by atoms with Crippen LogP contribution in [0.5, 0.6) is 0 Å². The molecule has 0 radical (unpaired) electrons. The van der Waals surface area contributed by atoms with Crippen molar-refractivity contribution in [2.45, 2.75) is 12.5 Å². The first-order chi connectivity index (χ1) is 7.20. The summed E-state index contributed by atoms with van der Waals surface area (Å²) >= 11 is 5.79. The van der Waals surface area contributed by atoms with E-state index in [-0.39, 0.29) is 6.10 Å². The Morgan fingerprint density at radius 1 is 1.67 bits per heavy atom. The van der Waals surface area contributed by atoms with Gasteiger partial charge in [0.25, 0.3) is 0 Å². The molecule has 15 heavy (non-hydrogen) atoms. The van der Waals surface area contributed by atoms with Crippen molar-refractivity contribution in [3.05, 3.63) is 17.3 Å². The minimum absolute atomic E-state index is 0.280. The van der Waals surface area contributed by atoms with Crippen LogP contribution in [0.15, 0.2) is 12.3 Å². The highest BCUT2D eigenvalue weighted by molar-refractivity contribution is 6.30. The molecule has 2 rings (SSSR count). The number of nitrogen functional groups attached to an aromatic ring is 1. The second-order valence-corrected chi connectivity index (χ2v) is 4.10. The number of halogens is 1. The van der Waals surface area contributed by atoms with E-state index in [0.717, 1.165) is 25.3 Å². The number of rotatable bonds is 2. The SMILES string of the molecule is COC1CCN(c2ncc(Cl)cc2N)C1. The highest BCUT2D eigenvalue weighted by Gasteiger charge is 2.24. The van der Waals surface area contributed by atoms with Gasteiger partial charge in [-0.25, -0.2) is 4.98 Å². The lowest BCUT2D eigenvalue weighted by atomic mass is 10.3. The van der Waals surface area contributed by atoms with Gasteiger partial charge in [-0.1, -0.05) is 11.6 Å². The van der Waals surface area contributed by atoms with E-state index >= 15 is 0 Å². The van der Waals surface area contributed by atoms with Crippen LogP contribution in [0.2, 0.25) is 5.02 Å². The maximum absolute atomic E-state index is 5.86. The van der Waals surface area contributed by atoms with Gasteiger partial charge in [0.15, 0.2) is 5.82 Å². The van der Waals surface area contributed by atoms with Gasteiger partial charge in [-0.2, -0.15) is 0 Å². The Kier molecular flexibility index (Phi) is 2.98. The molecule has 5 heteroatoms. The molecule has 1 aliphatic rings. The van der Waals surface area contributed by atoms with Crippen molar-refractivity contribution in [2.75, 3.05) is 30.8 Å². The molecule has 0 aliphatic carbocycles. The first-order valence-corrected chi connectivity index (χ1v) is 5.27. The standard InChI is InChI=1S/C10H14ClN3O/c1-15-8-2-3-14(6-8)10-9(12)4-7(11)5-13-10/h4-5,8H,2-3,6,12H2,1H3. The smallest absolute Gasteiger partial charge is 0.151 e. The van der Waals surface area contributed by atoms with Gasteiger partial charge in [-0.05, 0) is 12.5 Å². The van der Waals surface area contributed by atoms with Crippen molar-refractivity contribution in [3.8, 4) is 0 Å². The Balaban J connectivity index is 2.17. The predicted molar refractivity (Wildman–Crippen MR) is 61.3 cm³/mol. The zero-order valence-corrected chi connectivity index (χ0v) is 9.37. The van der Waals surface area contributed by atoms with Crippen molar-refractivity contribution in [1.82, 2.24) is 4.98 Å². The summed E-state index contributed by atoms with van der Waals surface area (Å²) in [7, 11) is 1.73. The third-order valence-electron chi connectivity index (χ3n) is 2.64. The molecule has 82 valence electrons. The minimum Gasteiger partial charge on any atom is -0.396 e. The monoisotopic (exact) mass is 227 g/mol. The fourth-order valence-electron chi connectivity index (χ4n) is 1.82. The van der Waals surface area contributed by atoms with E-state index in [1.807, 2.05) is 0 Å². The molecule has 1 saturated heterocycles. The van der Waals surface area contributed by atoms with Crippen molar-refractivity contribution in [2.24, 2.45) is 0 Å². The van der Waals surface area contributed by atoms with Gasteiger partial charge in [0.2, 0.25) is 0 Å². The van der Waals surface area contributed by atoms with Crippen LogP contribution in [-0.2, 0) is 4.74 Å². The lowest BCUT2D eigenvalue weighted by Crippen LogP contribution is -2.24. The van der Waals surface area contributed by atoms with Crippen LogP contribution in [0, 0.1) is 0 Å². The number of ether oxygens (including phenoxy) is 1. The molecule has 0 amide bonds. The molecule has 0 spiro atoms. The van der Waals surface area contributed by atoms with E-state index in [2.05, 4.69) is 9.88 Å². The number of aromatic nitrogens is 1. The van der Waals surface area contributed by atoms with E-state index in [4.69, 9.17) is 22.1 Å². The Morgan fingerprint density at radius 3 is 3.07 bits per heavy atom. The lowest BCUT2D eigenvalue weighted by molar-refractivity contribution is 0.121. The summed E-state index contributed by atoms with van der Waals surface area (Å²) < 4.78 is 5.29. The average Bonchev–Trinajstić information content (AvgIpc) is 2.66. The fourth-order valence-corrected chi connectivity index (χ4v) is 1.99. The number of nitrogens with two attached hydrogens (primary N) is 1. The van der Waals surface area contributed by atoms with Crippen LogP contribution < -0.4 is 10.6 Å². The molecular weight excluding hydrogens is 214 g/mol. The fraction of sp³-hybridized carbons (Fsp3) is 0.500. The third kappa shape index (κ3) is 2.16. The molecule has 1 atom stereocenters. The molecule has 0 saturated carbocycles. The topological polar surface area (TPSA) is 51.4 Å². The Bertz CT molecular complexity index is 359. The van der Waals surface area contributed by atoms with Gasteiger partial charge in [-0.15, -0.1) is 0 Å². The van der Waals surface area contributed by atoms with Crippen molar-refractivity contribution in [3.63, 3.8) is 0 Å². The van der Waals surface area contributed by atoms with Crippen LogP contribution in [0.1, 0.15) is 6.42 Å². The van der Waals surface area contributed by atoms with E-state index < -0.39 is 0 Å². The summed E-state index contributed by atoms with van der Waals surface area (Å²) in [6.45, 7) is 1.77. The average molecular weight is 228 g/mol.